The van der Waals surface area contributed by atoms with Crippen molar-refractivity contribution in [3.8, 4) is 0 Å². The molecular weight excluding hydrogens is 497 g/mol. The third kappa shape index (κ3) is 7.28. The van der Waals surface area contributed by atoms with E-state index in [4.69, 9.17) is 0 Å². The summed E-state index contributed by atoms with van der Waals surface area (Å²) in [7, 11) is 0. The molecular formula is C30H38FN5O3. The molecule has 3 N–H and O–H groups in total. The highest BCUT2D eigenvalue weighted by atomic mass is 19.1. The van der Waals surface area contributed by atoms with Crippen molar-refractivity contribution in [1.82, 2.24) is 15.5 Å². The Morgan fingerprint density at radius 2 is 1.62 bits per heavy atom. The molecule has 2 aromatic rings. The first-order valence-corrected chi connectivity index (χ1v) is 14.2. The summed E-state index contributed by atoms with van der Waals surface area (Å²) < 4.78 is 13.3. The van der Waals surface area contributed by atoms with E-state index in [-0.39, 0.29) is 42.2 Å². The van der Waals surface area contributed by atoms with E-state index < -0.39 is 0 Å². The number of nitrogens with zero attached hydrogens (tertiary/aromatic N) is 2. The standard InChI is InChI=1S/C30H38FN5O3/c31-23-11-7-21(8-12-23)20-32-29(38)26-19-25(33-28(37)22-9-10-22)13-14-27(26)35-15-4-16-36(18-17-35)30(39)34-24-5-2-1-3-6-24/h7-8,11-14,19,22,24H,1-6,9-10,15-18,20H2,(H,32,38)(H,33,37)(H,34,39). The predicted molar refractivity (Wildman–Crippen MR) is 149 cm³/mol. The van der Waals surface area contributed by atoms with E-state index in [0.29, 0.717) is 37.4 Å². The van der Waals surface area contributed by atoms with Gasteiger partial charge < -0.3 is 25.8 Å². The Bertz CT molecular complexity index is 1180. The SMILES string of the molecule is O=C(NCc1ccc(F)cc1)c1cc(NC(=O)C2CC2)ccc1N1CCCN(C(=O)NC2CCCCC2)CC1. The Morgan fingerprint density at radius 3 is 2.36 bits per heavy atom. The lowest BCUT2D eigenvalue weighted by Gasteiger charge is -2.28. The highest BCUT2D eigenvalue weighted by Crippen LogP contribution is 2.31. The lowest BCUT2D eigenvalue weighted by atomic mass is 9.96. The molecule has 3 aliphatic rings. The number of carbonyl (C=O) groups is 3. The maximum absolute atomic E-state index is 13.4. The second kappa shape index (κ2) is 12.5. The summed E-state index contributed by atoms with van der Waals surface area (Å²) >= 11 is 0. The number of hydrogen-bond acceptors (Lipinski definition) is 4. The van der Waals surface area contributed by atoms with Gasteiger partial charge >= 0.3 is 6.03 Å². The lowest BCUT2D eigenvalue weighted by Crippen LogP contribution is -2.46. The molecule has 2 saturated carbocycles. The summed E-state index contributed by atoms with van der Waals surface area (Å²) in [6.45, 7) is 2.79. The van der Waals surface area contributed by atoms with Crippen LogP contribution < -0.4 is 20.9 Å². The fourth-order valence-electron chi connectivity index (χ4n) is 5.42. The third-order valence-electron chi connectivity index (χ3n) is 7.88. The normalized spacial score (nSPS) is 18.3. The van der Waals surface area contributed by atoms with Crippen LogP contribution in [0, 0.1) is 11.7 Å². The van der Waals surface area contributed by atoms with Crippen molar-refractivity contribution in [2.24, 2.45) is 5.92 Å². The van der Waals surface area contributed by atoms with Gasteiger partial charge in [0.05, 0.1) is 5.56 Å². The van der Waals surface area contributed by atoms with Gasteiger partial charge in [-0.05, 0) is 68.0 Å². The second-order valence-electron chi connectivity index (χ2n) is 10.9. The van der Waals surface area contributed by atoms with Crippen molar-refractivity contribution in [2.75, 3.05) is 36.4 Å². The number of hydrogen-bond donors (Lipinski definition) is 3. The van der Waals surface area contributed by atoms with Gasteiger partial charge in [-0.25, -0.2) is 9.18 Å². The van der Waals surface area contributed by atoms with Gasteiger partial charge in [-0.3, -0.25) is 9.59 Å². The molecule has 2 aromatic carbocycles. The molecule has 9 heteroatoms. The Labute approximate surface area is 229 Å². The van der Waals surface area contributed by atoms with E-state index in [1.807, 2.05) is 17.0 Å². The number of amides is 4. The van der Waals surface area contributed by atoms with Crippen LogP contribution in [0.25, 0.3) is 0 Å². The zero-order valence-electron chi connectivity index (χ0n) is 22.4. The topological polar surface area (TPSA) is 93.8 Å². The lowest BCUT2D eigenvalue weighted by molar-refractivity contribution is -0.117. The fraction of sp³-hybridized carbons (Fsp3) is 0.500. The van der Waals surface area contributed by atoms with Gasteiger partial charge in [0, 0.05) is 56.1 Å². The van der Waals surface area contributed by atoms with E-state index in [2.05, 4.69) is 20.9 Å². The van der Waals surface area contributed by atoms with Gasteiger partial charge in [0.1, 0.15) is 5.82 Å². The van der Waals surface area contributed by atoms with Crippen LogP contribution in [-0.2, 0) is 11.3 Å². The van der Waals surface area contributed by atoms with Gasteiger partial charge in [0.2, 0.25) is 5.91 Å². The molecule has 1 heterocycles. The van der Waals surface area contributed by atoms with Crippen LogP contribution in [0.3, 0.4) is 0 Å². The van der Waals surface area contributed by atoms with Gasteiger partial charge in [0.15, 0.2) is 0 Å². The summed E-state index contributed by atoms with van der Waals surface area (Å²) in [5, 5.41) is 9.10. The molecule has 0 atom stereocenters. The van der Waals surface area contributed by atoms with Crippen LogP contribution in [-0.4, -0.2) is 55.0 Å². The van der Waals surface area contributed by atoms with Crippen LogP contribution >= 0.6 is 0 Å². The molecule has 3 fully saturated rings. The summed E-state index contributed by atoms with van der Waals surface area (Å²) in [5.41, 5.74) is 2.61. The van der Waals surface area contributed by atoms with Crippen molar-refractivity contribution >= 4 is 29.2 Å². The third-order valence-corrected chi connectivity index (χ3v) is 7.88. The van der Waals surface area contributed by atoms with Crippen molar-refractivity contribution in [1.29, 1.82) is 0 Å². The van der Waals surface area contributed by atoms with E-state index >= 15 is 0 Å². The Hall–Kier alpha value is -3.62. The largest absolute Gasteiger partial charge is 0.369 e. The fourth-order valence-corrected chi connectivity index (χ4v) is 5.42. The first-order chi connectivity index (χ1) is 19.0. The highest BCUT2D eigenvalue weighted by Gasteiger charge is 2.30. The molecule has 0 spiro atoms. The quantitative estimate of drug-likeness (QED) is 0.481. The predicted octanol–water partition coefficient (Wildman–Crippen LogP) is 4.66. The molecule has 39 heavy (non-hydrogen) atoms. The van der Waals surface area contributed by atoms with Gasteiger partial charge in [0.25, 0.3) is 5.91 Å². The van der Waals surface area contributed by atoms with Crippen LogP contribution in [0.4, 0.5) is 20.6 Å². The highest BCUT2D eigenvalue weighted by molar-refractivity contribution is 6.02. The first-order valence-electron chi connectivity index (χ1n) is 14.2. The minimum atomic E-state index is -0.325. The van der Waals surface area contributed by atoms with Crippen molar-refractivity contribution < 1.29 is 18.8 Å². The maximum atomic E-state index is 13.4. The minimum Gasteiger partial charge on any atom is -0.369 e. The number of urea groups is 1. The molecule has 1 aliphatic heterocycles. The average Bonchev–Trinajstić information content (AvgIpc) is 3.81. The number of benzene rings is 2. The van der Waals surface area contributed by atoms with Crippen LogP contribution in [0.15, 0.2) is 42.5 Å². The summed E-state index contributed by atoms with van der Waals surface area (Å²) in [6.07, 6.45) is 8.25. The molecule has 2 aliphatic carbocycles. The van der Waals surface area contributed by atoms with Gasteiger partial charge in [-0.15, -0.1) is 0 Å². The Kier molecular flexibility index (Phi) is 8.64. The van der Waals surface area contributed by atoms with Crippen LogP contribution in [0.2, 0.25) is 0 Å². The molecule has 4 amide bonds. The zero-order chi connectivity index (χ0) is 27.2. The van der Waals surface area contributed by atoms with Crippen molar-refractivity contribution in [2.45, 2.75) is 64.0 Å². The zero-order valence-corrected chi connectivity index (χ0v) is 22.4. The number of carbonyl (C=O) groups excluding carboxylic acids is 3. The van der Waals surface area contributed by atoms with Crippen molar-refractivity contribution in [3.63, 3.8) is 0 Å². The van der Waals surface area contributed by atoms with Gasteiger partial charge in [-0.2, -0.15) is 0 Å². The number of rotatable bonds is 7. The number of anilines is 2. The second-order valence-corrected chi connectivity index (χ2v) is 10.9. The number of nitrogens with one attached hydrogen (secondary N) is 3. The molecule has 1 saturated heterocycles. The molecule has 208 valence electrons. The Morgan fingerprint density at radius 1 is 0.846 bits per heavy atom. The van der Waals surface area contributed by atoms with E-state index in [1.54, 1.807) is 18.2 Å². The maximum Gasteiger partial charge on any atom is 0.317 e. The van der Waals surface area contributed by atoms with Crippen LogP contribution in [0.1, 0.15) is 67.3 Å². The van der Waals surface area contributed by atoms with Gasteiger partial charge in [-0.1, -0.05) is 31.4 Å². The smallest absolute Gasteiger partial charge is 0.317 e. The molecule has 0 aromatic heterocycles. The molecule has 0 radical (unpaired) electrons. The molecule has 8 nitrogen and oxygen atoms in total. The average molecular weight is 536 g/mol. The van der Waals surface area contributed by atoms with E-state index in [0.717, 1.165) is 43.4 Å². The summed E-state index contributed by atoms with van der Waals surface area (Å²) in [4.78, 5) is 42.8. The summed E-state index contributed by atoms with van der Waals surface area (Å²) in [5.74, 6) is -0.561. The number of halogens is 1. The van der Waals surface area contributed by atoms with E-state index in [9.17, 15) is 18.8 Å². The molecule has 0 unspecified atom stereocenters. The Balaban J connectivity index is 1.28. The molecule has 0 bridgehead atoms. The molecule has 5 rings (SSSR count). The monoisotopic (exact) mass is 535 g/mol. The first kappa shape index (κ1) is 27.0. The van der Waals surface area contributed by atoms with Crippen molar-refractivity contribution in [3.05, 3.63) is 59.4 Å². The summed E-state index contributed by atoms with van der Waals surface area (Å²) in [6, 6.07) is 11.7. The van der Waals surface area contributed by atoms with E-state index in [1.165, 1.54) is 31.4 Å². The van der Waals surface area contributed by atoms with Crippen LogP contribution in [0.5, 0.6) is 0 Å². The minimum absolute atomic E-state index is 0.000786.